The molecule has 0 spiro atoms. The van der Waals surface area contributed by atoms with Crippen molar-refractivity contribution < 1.29 is 9.53 Å². The Bertz CT molecular complexity index is 870. The van der Waals surface area contributed by atoms with Gasteiger partial charge in [0, 0.05) is 41.4 Å². The van der Waals surface area contributed by atoms with Crippen LogP contribution in [0.5, 0.6) is 5.75 Å². The molecule has 0 saturated heterocycles. The maximum absolute atomic E-state index is 12.2. The molecule has 0 radical (unpaired) electrons. The highest BCUT2D eigenvalue weighted by atomic mass is 35.5. The van der Waals surface area contributed by atoms with Crippen molar-refractivity contribution in [3.63, 3.8) is 0 Å². The predicted octanol–water partition coefficient (Wildman–Crippen LogP) is 4.66. The molecular formula is C20H22ClN3O2. The van der Waals surface area contributed by atoms with Crippen LogP contribution in [0, 0.1) is 0 Å². The summed E-state index contributed by atoms with van der Waals surface area (Å²) in [6.45, 7) is 3.69. The lowest BCUT2D eigenvalue weighted by Crippen LogP contribution is -2.40. The molecule has 0 unspecified atom stereocenters. The maximum atomic E-state index is 12.2. The van der Waals surface area contributed by atoms with Crippen LogP contribution in [0.15, 0.2) is 36.3 Å². The molecule has 4 rings (SSSR count). The molecule has 1 aliphatic heterocycles. The fourth-order valence-electron chi connectivity index (χ4n) is 3.76. The number of nitrogens with zero attached hydrogens (tertiary/aromatic N) is 3. The van der Waals surface area contributed by atoms with Gasteiger partial charge in [0.15, 0.2) is 0 Å². The summed E-state index contributed by atoms with van der Waals surface area (Å²) < 4.78 is 7.93. The molecule has 1 aromatic carbocycles. The number of hydrogen-bond acceptors (Lipinski definition) is 3. The minimum Gasteiger partial charge on any atom is -0.463 e. The van der Waals surface area contributed by atoms with Crippen LogP contribution in [0.2, 0.25) is 0 Å². The van der Waals surface area contributed by atoms with Gasteiger partial charge in [-0.2, -0.15) is 5.10 Å². The van der Waals surface area contributed by atoms with E-state index in [0.29, 0.717) is 6.04 Å². The minimum atomic E-state index is 0.0478. The summed E-state index contributed by atoms with van der Waals surface area (Å²) >= 11 is 5.70. The molecule has 6 heteroatoms. The summed E-state index contributed by atoms with van der Waals surface area (Å²) in [5.41, 5.74) is 5.32. The highest BCUT2D eigenvalue weighted by Gasteiger charge is 2.30. The number of amides is 1. The summed E-state index contributed by atoms with van der Waals surface area (Å²) in [5, 5.41) is 4.50. The number of fused-ring (bicyclic) bond motifs is 1. The molecule has 1 saturated carbocycles. The summed E-state index contributed by atoms with van der Waals surface area (Å²) in [4.78, 5) is 14.0. The van der Waals surface area contributed by atoms with Crippen LogP contribution in [0.3, 0.4) is 0 Å². The van der Waals surface area contributed by atoms with Crippen molar-refractivity contribution in [3.8, 4) is 16.9 Å². The number of ether oxygens (including phenoxy) is 1. The molecule has 1 amide bonds. The van der Waals surface area contributed by atoms with Crippen LogP contribution < -0.4 is 9.64 Å². The normalized spacial score (nSPS) is 19.7. The lowest BCUT2D eigenvalue weighted by Gasteiger charge is -2.35. The molecule has 1 aliphatic carbocycles. The second-order valence-corrected chi connectivity index (χ2v) is 7.29. The fraction of sp³-hybridized carbons (Fsp3) is 0.400. The standard InChI is InChI=1S/C20H22ClN3O2/c1-13-3-6-18-19(24(13)14(2)25)8-7-17(20(18)26-10-9-21)15-11-22-23(12-15)16-4-5-16/h7-13,16H,3-6H2,1-2H3/b10-9+/t13-/m0/s1. The molecule has 1 atom stereocenters. The van der Waals surface area contributed by atoms with Gasteiger partial charge in [-0.15, -0.1) is 0 Å². The van der Waals surface area contributed by atoms with Gasteiger partial charge in [0.1, 0.15) is 12.0 Å². The van der Waals surface area contributed by atoms with E-state index in [1.54, 1.807) is 6.92 Å². The van der Waals surface area contributed by atoms with Gasteiger partial charge in [-0.1, -0.05) is 11.6 Å². The smallest absolute Gasteiger partial charge is 0.224 e. The molecule has 0 bridgehead atoms. The largest absolute Gasteiger partial charge is 0.463 e. The lowest BCUT2D eigenvalue weighted by atomic mass is 9.92. The maximum Gasteiger partial charge on any atom is 0.224 e. The Labute approximate surface area is 158 Å². The van der Waals surface area contributed by atoms with E-state index in [1.165, 1.54) is 24.6 Å². The second kappa shape index (κ2) is 6.80. The van der Waals surface area contributed by atoms with Crippen molar-refractivity contribution in [1.82, 2.24) is 9.78 Å². The number of anilines is 1. The topological polar surface area (TPSA) is 47.4 Å². The van der Waals surface area contributed by atoms with Gasteiger partial charge in [-0.25, -0.2) is 0 Å². The van der Waals surface area contributed by atoms with E-state index in [-0.39, 0.29) is 11.9 Å². The first-order chi connectivity index (χ1) is 12.6. The van der Waals surface area contributed by atoms with Crippen molar-refractivity contribution in [2.45, 2.75) is 51.6 Å². The van der Waals surface area contributed by atoms with Crippen LogP contribution in [-0.2, 0) is 11.2 Å². The first kappa shape index (κ1) is 17.2. The van der Waals surface area contributed by atoms with E-state index >= 15 is 0 Å². The second-order valence-electron chi connectivity index (χ2n) is 7.04. The monoisotopic (exact) mass is 371 g/mol. The molecular weight excluding hydrogens is 350 g/mol. The molecule has 1 aromatic heterocycles. The van der Waals surface area contributed by atoms with Gasteiger partial charge in [0.2, 0.25) is 5.91 Å². The number of rotatable bonds is 4. The zero-order chi connectivity index (χ0) is 18.3. The first-order valence-corrected chi connectivity index (χ1v) is 9.46. The number of carbonyl (C=O) groups is 1. The van der Waals surface area contributed by atoms with Crippen LogP contribution in [0.1, 0.15) is 44.7 Å². The quantitative estimate of drug-likeness (QED) is 0.734. The van der Waals surface area contributed by atoms with Gasteiger partial charge in [-0.3, -0.25) is 9.48 Å². The Balaban J connectivity index is 1.82. The van der Waals surface area contributed by atoms with E-state index in [9.17, 15) is 4.79 Å². The van der Waals surface area contributed by atoms with E-state index in [4.69, 9.17) is 16.3 Å². The Morgan fingerprint density at radius 3 is 2.85 bits per heavy atom. The molecule has 5 nitrogen and oxygen atoms in total. The summed E-state index contributed by atoms with van der Waals surface area (Å²) in [5.74, 6) is 0.805. The Morgan fingerprint density at radius 1 is 1.35 bits per heavy atom. The third-order valence-electron chi connectivity index (χ3n) is 5.16. The molecule has 1 fully saturated rings. The third-order valence-corrected chi connectivity index (χ3v) is 5.26. The van der Waals surface area contributed by atoms with E-state index in [2.05, 4.69) is 18.2 Å². The molecule has 26 heavy (non-hydrogen) atoms. The predicted molar refractivity (Wildman–Crippen MR) is 102 cm³/mol. The van der Waals surface area contributed by atoms with Crippen molar-refractivity contribution in [3.05, 3.63) is 41.9 Å². The van der Waals surface area contributed by atoms with E-state index < -0.39 is 0 Å². The van der Waals surface area contributed by atoms with Gasteiger partial charge in [-0.05, 0) is 44.7 Å². The SMILES string of the molecule is CC(=O)N1c2ccc(-c3cnn(C4CC4)c3)c(O/C=C/Cl)c2CC[C@@H]1C. The van der Waals surface area contributed by atoms with Crippen LogP contribution >= 0.6 is 11.6 Å². The van der Waals surface area contributed by atoms with Crippen LogP contribution in [0.25, 0.3) is 11.1 Å². The summed E-state index contributed by atoms with van der Waals surface area (Å²) in [7, 11) is 0. The van der Waals surface area contributed by atoms with Crippen LogP contribution in [0.4, 0.5) is 5.69 Å². The molecule has 2 heterocycles. The van der Waals surface area contributed by atoms with Crippen molar-refractivity contribution in [1.29, 1.82) is 0 Å². The number of aromatic nitrogens is 2. The highest BCUT2D eigenvalue weighted by Crippen LogP contribution is 2.44. The van der Waals surface area contributed by atoms with Crippen molar-refractivity contribution in [2.24, 2.45) is 0 Å². The average Bonchev–Trinajstić information content (AvgIpc) is 3.36. The Kier molecular flexibility index (Phi) is 4.49. The number of halogens is 1. The number of hydrogen-bond donors (Lipinski definition) is 0. The zero-order valence-electron chi connectivity index (χ0n) is 15.0. The lowest BCUT2D eigenvalue weighted by molar-refractivity contribution is -0.117. The Morgan fingerprint density at radius 2 is 2.15 bits per heavy atom. The third kappa shape index (κ3) is 3.01. The van der Waals surface area contributed by atoms with Gasteiger partial charge >= 0.3 is 0 Å². The molecule has 2 aliphatic rings. The van der Waals surface area contributed by atoms with Gasteiger partial charge in [0.05, 0.1) is 17.9 Å². The number of carbonyl (C=O) groups excluding carboxylic acids is 1. The van der Waals surface area contributed by atoms with E-state index in [0.717, 1.165) is 41.0 Å². The van der Waals surface area contributed by atoms with Crippen LogP contribution in [-0.4, -0.2) is 21.7 Å². The molecule has 0 N–H and O–H groups in total. The van der Waals surface area contributed by atoms with Crippen molar-refractivity contribution >= 4 is 23.2 Å². The first-order valence-electron chi connectivity index (χ1n) is 9.02. The fourth-order valence-corrected chi connectivity index (χ4v) is 3.81. The van der Waals surface area contributed by atoms with E-state index in [1.807, 2.05) is 27.9 Å². The van der Waals surface area contributed by atoms with Gasteiger partial charge in [0.25, 0.3) is 0 Å². The molecule has 2 aromatic rings. The minimum absolute atomic E-state index is 0.0478. The zero-order valence-corrected chi connectivity index (χ0v) is 15.7. The summed E-state index contributed by atoms with van der Waals surface area (Å²) in [6, 6.07) is 4.74. The highest BCUT2D eigenvalue weighted by molar-refractivity contribution is 6.25. The van der Waals surface area contributed by atoms with Gasteiger partial charge < -0.3 is 9.64 Å². The number of benzene rings is 1. The molecule has 136 valence electrons. The van der Waals surface area contributed by atoms with Crippen molar-refractivity contribution in [2.75, 3.05) is 4.90 Å². The summed E-state index contributed by atoms with van der Waals surface area (Å²) in [6.07, 6.45) is 9.57. The average molecular weight is 372 g/mol. The Hall–Kier alpha value is -2.27.